The number of allylic oxidation sites excluding steroid dienone is 1. The van der Waals surface area contributed by atoms with Crippen LogP contribution in [0, 0.1) is 29.6 Å². The lowest BCUT2D eigenvalue weighted by Crippen LogP contribution is -2.41. The number of ether oxygens (including phenoxy) is 1. The van der Waals surface area contributed by atoms with Crippen LogP contribution in [0.25, 0.3) is 0 Å². The maximum Gasteiger partial charge on any atom is 0.224 e. The van der Waals surface area contributed by atoms with Crippen LogP contribution in [-0.4, -0.2) is 37.1 Å². The first kappa shape index (κ1) is 23.8. The van der Waals surface area contributed by atoms with Crippen molar-refractivity contribution in [3.05, 3.63) is 12.2 Å². The van der Waals surface area contributed by atoms with Crippen molar-refractivity contribution in [1.29, 1.82) is 0 Å². The highest BCUT2D eigenvalue weighted by molar-refractivity contribution is 5.76. The highest BCUT2D eigenvalue weighted by Crippen LogP contribution is 2.41. The first-order valence-corrected chi connectivity index (χ1v) is 13.1. The van der Waals surface area contributed by atoms with Crippen molar-refractivity contribution in [1.82, 2.24) is 4.90 Å². The number of nitrogens with zero attached hydrogens (tertiary/aromatic N) is 1. The molecule has 3 rings (SSSR count). The molecule has 30 heavy (non-hydrogen) atoms. The average molecular weight is 418 g/mol. The summed E-state index contributed by atoms with van der Waals surface area (Å²) >= 11 is 0. The summed E-state index contributed by atoms with van der Waals surface area (Å²) in [5.41, 5.74) is 1.47. The van der Waals surface area contributed by atoms with E-state index in [1.54, 1.807) is 0 Å². The molecule has 3 heteroatoms. The smallest absolute Gasteiger partial charge is 0.224 e. The van der Waals surface area contributed by atoms with E-state index in [-0.39, 0.29) is 0 Å². The SMILES string of the molecule is C=C(C(C)C)C1CCC(C2CCN(C(=O)CCOCCC3CCCCC3)CC2)CC1. The van der Waals surface area contributed by atoms with Gasteiger partial charge in [0.05, 0.1) is 13.0 Å². The summed E-state index contributed by atoms with van der Waals surface area (Å²) in [7, 11) is 0. The van der Waals surface area contributed by atoms with Gasteiger partial charge in [0, 0.05) is 19.7 Å². The molecule has 2 saturated carbocycles. The second kappa shape index (κ2) is 12.3. The molecule has 1 heterocycles. The predicted molar refractivity (Wildman–Crippen MR) is 125 cm³/mol. The van der Waals surface area contributed by atoms with Gasteiger partial charge in [0.25, 0.3) is 0 Å². The zero-order chi connectivity index (χ0) is 21.3. The molecular formula is C27H47NO2. The van der Waals surface area contributed by atoms with Gasteiger partial charge >= 0.3 is 0 Å². The van der Waals surface area contributed by atoms with Gasteiger partial charge in [0.1, 0.15) is 0 Å². The number of amides is 1. The van der Waals surface area contributed by atoms with Crippen molar-refractivity contribution < 1.29 is 9.53 Å². The van der Waals surface area contributed by atoms with Gasteiger partial charge in [0.2, 0.25) is 5.91 Å². The van der Waals surface area contributed by atoms with Crippen LogP contribution < -0.4 is 0 Å². The monoisotopic (exact) mass is 417 g/mol. The minimum absolute atomic E-state index is 0.308. The zero-order valence-corrected chi connectivity index (χ0v) is 19.9. The van der Waals surface area contributed by atoms with Crippen molar-refractivity contribution in [2.45, 2.75) is 97.3 Å². The molecule has 3 fully saturated rings. The molecule has 1 amide bonds. The summed E-state index contributed by atoms with van der Waals surface area (Å²) in [6.45, 7) is 12.3. The molecule has 0 spiro atoms. The van der Waals surface area contributed by atoms with E-state index in [1.807, 2.05) is 0 Å². The van der Waals surface area contributed by atoms with E-state index in [1.165, 1.54) is 82.6 Å². The van der Waals surface area contributed by atoms with Crippen LogP contribution in [0.15, 0.2) is 12.2 Å². The van der Waals surface area contributed by atoms with E-state index in [2.05, 4.69) is 25.3 Å². The number of piperidine rings is 1. The van der Waals surface area contributed by atoms with Crippen LogP contribution in [-0.2, 0) is 9.53 Å². The molecule has 0 aromatic carbocycles. The molecule has 0 radical (unpaired) electrons. The summed E-state index contributed by atoms with van der Waals surface area (Å²) in [5.74, 6) is 4.25. The lowest BCUT2D eigenvalue weighted by atomic mass is 9.70. The van der Waals surface area contributed by atoms with Crippen LogP contribution in [0.2, 0.25) is 0 Å². The Hall–Kier alpha value is -0.830. The Morgan fingerprint density at radius 1 is 0.900 bits per heavy atom. The minimum atomic E-state index is 0.308. The van der Waals surface area contributed by atoms with Crippen molar-refractivity contribution in [3.8, 4) is 0 Å². The van der Waals surface area contributed by atoms with Crippen LogP contribution in [0.4, 0.5) is 0 Å². The van der Waals surface area contributed by atoms with Gasteiger partial charge in [-0.3, -0.25) is 4.79 Å². The lowest BCUT2D eigenvalue weighted by Gasteiger charge is -2.40. The van der Waals surface area contributed by atoms with E-state index in [0.29, 0.717) is 24.9 Å². The standard InChI is InChI=1S/C27H47NO2/c1-21(2)22(3)24-9-11-25(12-10-24)26-13-17-28(18-14-26)27(29)16-20-30-19-15-23-7-5-4-6-8-23/h21,23-26H,3-20H2,1-2H3. The Labute approximate surface area is 186 Å². The van der Waals surface area contributed by atoms with E-state index in [0.717, 1.165) is 43.4 Å². The zero-order valence-electron chi connectivity index (χ0n) is 19.9. The number of hydrogen-bond acceptors (Lipinski definition) is 2. The number of likely N-dealkylation sites (tertiary alicyclic amines) is 1. The first-order valence-electron chi connectivity index (χ1n) is 13.1. The van der Waals surface area contributed by atoms with E-state index in [4.69, 9.17) is 4.74 Å². The van der Waals surface area contributed by atoms with Crippen molar-refractivity contribution in [3.63, 3.8) is 0 Å². The topological polar surface area (TPSA) is 29.5 Å². The molecule has 0 aromatic heterocycles. The number of carbonyl (C=O) groups excluding carboxylic acids is 1. The van der Waals surface area contributed by atoms with Gasteiger partial charge in [0.15, 0.2) is 0 Å². The highest BCUT2D eigenvalue weighted by atomic mass is 16.5. The fraction of sp³-hybridized carbons (Fsp3) is 0.889. The molecule has 1 aliphatic heterocycles. The summed E-state index contributed by atoms with van der Waals surface area (Å²) < 4.78 is 5.81. The number of carbonyl (C=O) groups is 1. The van der Waals surface area contributed by atoms with Gasteiger partial charge in [-0.05, 0) is 74.5 Å². The van der Waals surface area contributed by atoms with Crippen molar-refractivity contribution >= 4 is 5.91 Å². The van der Waals surface area contributed by atoms with Gasteiger partial charge in [-0.1, -0.05) is 58.1 Å². The Morgan fingerprint density at radius 3 is 2.17 bits per heavy atom. The number of rotatable bonds is 9. The number of hydrogen-bond donors (Lipinski definition) is 0. The Kier molecular flexibility index (Phi) is 9.74. The molecule has 172 valence electrons. The fourth-order valence-electron chi connectivity index (χ4n) is 6.20. The molecule has 1 saturated heterocycles. The van der Waals surface area contributed by atoms with Crippen LogP contribution in [0.1, 0.15) is 97.3 Å². The molecule has 0 unspecified atom stereocenters. The van der Waals surface area contributed by atoms with Crippen LogP contribution >= 0.6 is 0 Å². The van der Waals surface area contributed by atoms with Gasteiger partial charge in [-0.15, -0.1) is 0 Å². The lowest BCUT2D eigenvalue weighted by molar-refractivity contribution is -0.134. The molecule has 0 bridgehead atoms. The molecule has 3 nitrogen and oxygen atoms in total. The highest BCUT2D eigenvalue weighted by Gasteiger charge is 2.32. The summed E-state index contributed by atoms with van der Waals surface area (Å²) in [5, 5.41) is 0. The second-order valence-corrected chi connectivity index (χ2v) is 10.7. The van der Waals surface area contributed by atoms with Gasteiger partial charge in [-0.2, -0.15) is 0 Å². The summed E-state index contributed by atoms with van der Waals surface area (Å²) in [6.07, 6.45) is 16.5. The quantitative estimate of drug-likeness (QED) is 0.311. The molecule has 2 aliphatic carbocycles. The van der Waals surface area contributed by atoms with Crippen LogP contribution in [0.5, 0.6) is 0 Å². The van der Waals surface area contributed by atoms with Crippen LogP contribution in [0.3, 0.4) is 0 Å². The maximum atomic E-state index is 12.6. The van der Waals surface area contributed by atoms with Crippen molar-refractivity contribution in [2.24, 2.45) is 29.6 Å². The summed E-state index contributed by atoms with van der Waals surface area (Å²) in [4.78, 5) is 14.7. The maximum absolute atomic E-state index is 12.6. The Balaban J connectivity index is 1.26. The predicted octanol–water partition coefficient (Wildman–Crippen LogP) is 6.62. The Bertz CT molecular complexity index is 521. The third-order valence-corrected chi connectivity index (χ3v) is 8.45. The molecule has 3 aliphatic rings. The minimum Gasteiger partial charge on any atom is -0.381 e. The van der Waals surface area contributed by atoms with Crippen molar-refractivity contribution in [2.75, 3.05) is 26.3 Å². The fourth-order valence-corrected chi connectivity index (χ4v) is 6.20. The molecule has 0 atom stereocenters. The van der Waals surface area contributed by atoms with Gasteiger partial charge < -0.3 is 9.64 Å². The molecule has 0 aromatic rings. The summed E-state index contributed by atoms with van der Waals surface area (Å²) in [6, 6.07) is 0. The van der Waals surface area contributed by atoms with E-state index < -0.39 is 0 Å². The van der Waals surface area contributed by atoms with Gasteiger partial charge in [-0.25, -0.2) is 0 Å². The second-order valence-electron chi connectivity index (χ2n) is 10.7. The average Bonchev–Trinajstić information content (AvgIpc) is 2.79. The first-order chi connectivity index (χ1) is 14.5. The molecular weight excluding hydrogens is 370 g/mol. The normalized spacial score (nSPS) is 26.8. The third kappa shape index (κ3) is 7.11. The van der Waals surface area contributed by atoms with E-state index in [9.17, 15) is 4.79 Å². The largest absolute Gasteiger partial charge is 0.381 e. The van der Waals surface area contributed by atoms with E-state index >= 15 is 0 Å². The third-order valence-electron chi connectivity index (χ3n) is 8.45. The Morgan fingerprint density at radius 2 is 1.53 bits per heavy atom. The molecule has 0 N–H and O–H groups in total.